The maximum Gasteiger partial charge on any atom is 0.123 e. The Hall–Kier alpha value is -1.58. The minimum atomic E-state index is -0.178. The lowest BCUT2D eigenvalue weighted by atomic mass is 9.88. The van der Waals surface area contributed by atoms with Crippen LogP contribution < -0.4 is 11.1 Å². The van der Waals surface area contributed by atoms with Gasteiger partial charge in [0.2, 0.25) is 0 Å². The van der Waals surface area contributed by atoms with Crippen molar-refractivity contribution in [2.75, 3.05) is 5.73 Å². The number of hydrogen-bond acceptors (Lipinski definition) is 2. The molecule has 118 valence electrons. The first-order chi connectivity index (χ1) is 10.2. The third-order valence-electron chi connectivity index (χ3n) is 4.44. The first-order valence-corrected chi connectivity index (χ1v) is 7.53. The molecule has 1 fully saturated rings. The zero-order chi connectivity index (χ0) is 14.7. The molecule has 22 heavy (non-hydrogen) atoms. The van der Waals surface area contributed by atoms with Crippen molar-refractivity contribution in [2.45, 2.75) is 37.8 Å². The van der Waals surface area contributed by atoms with E-state index in [1.54, 1.807) is 12.1 Å². The fourth-order valence-electron chi connectivity index (χ4n) is 3.29. The molecule has 0 radical (unpaired) electrons. The number of rotatable bonds is 4. The van der Waals surface area contributed by atoms with Gasteiger partial charge in [-0.05, 0) is 48.2 Å². The summed E-state index contributed by atoms with van der Waals surface area (Å²) in [4.78, 5) is 0. The van der Waals surface area contributed by atoms with E-state index in [1.807, 2.05) is 30.3 Å². The van der Waals surface area contributed by atoms with E-state index in [2.05, 4.69) is 11.4 Å². The monoisotopic (exact) mass is 320 g/mol. The number of nitrogen functional groups attached to an aromatic ring is 1. The Morgan fingerprint density at radius 1 is 1.05 bits per heavy atom. The van der Waals surface area contributed by atoms with Crippen molar-refractivity contribution in [3.8, 4) is 0 Å². The molecule has 3 N–H and O–H groups in total. The fourth-order valence-corrected chi connectivity index (χ4v) is 3.29. The lowest BCUT2D eigenvalue weighted by Gasteiger charge is -2.31. The normalized spacial score (nSPS) is 16.2. The number of hydrogen-bond donors (Lipinski definition) is 2. The second kappa shape index (κ2) is 7.12. The highest BCUT2D eigenvalue weighted by Gasteiger charge is 2.34. The van der Waals surface area contributed by atoms with Crippen molar-refractivity contribution in [3.05, 3.63) is 65.5 Å². The Morgan fingerprint density at radius 3 is 2.36 bits per heavy atom. The van der Waals surface area contributed by atoms with Gasteiger partial charge in [-0.2, -0.15) is 0 Å². The topological polar surface area (TPSA) is 38.0 Å². The van der Waals surface area contributed by atoms with E-state index in [-0.39, 0.29) is 23.8 Å². The Labute approximate surface area is 137 Å². The van der Waals surface area contributed by atoms with Crippen LogP contribution in [0.25, 0.3) is 0 Å². The van der Waals surface area contributed by atoms with Gasteiger partial charge >= 0.3 is 0 Å². The smallest absolute Gasteiger partial charge is 0.123 e. The van der Waals surface area contributed by atoms with Crippen LogP contribution in [0, 0.1) is 5.82 Å². The standard InChI is InChI=1S/C18H21FN2.ClH/c19-16-8-6-15(7-9-16)18(10-1-2-11-18)21-13-14-4-3-5-17(20)12-14;/h3-9,12,21H,1-2,10-11,13,20H2;1H. The molecule has 0 aromatic heterocycles. The van der Waals surface area contributed by atoms with Gasteiger partial charge in [-0.3, -0.25) is 0 Å². The minimum absolute atomic E-state index is 0. The van der Waals surface area contributed by atoms with Crippen LogP contribution in [0.4, 0.5) is 10.1 Å². The van der Waals surface area contributed by atoms with Gasteiger partial charge < -0.3 is 11.1 Å². The summed E-state index contributed by atoms with van der Waals surface area (Å²) in [5.74, 6) is -0.178. The van der Waals surface area contributed by atoms with E-state index >= 15 is 0 Å². The Kier molecular flexibility index (Phi) is 5.43. The van der Waals surface area contributed by atoms with Gasteiger partial charge in [-0.1, -0.05) is 37.1 Å². The van der Waals surface area contributed by atoms with Gasteiger partial charge in [-0.15, -0.1) is 12.4 Å². The van der Waals surface area contributed by atoms with Gasteiger partial charge in [0.1, 0.15) is 5.82 Å². The van der Waals surface area contributed by atoms with Crippen molar-refractivity contribution >= 4 is 18.1 Å². The summed E-state index contributed by atoms with van der Waals surface area (Å²) < 4.78 is 13.2. The van der Waals surface area contributed by atoms with Crippen LogP contribution in [0.5, 0.6) is 0 Å². The van der Waals surface area contributed by atoms with E-state index in [0.29, 0.717) is 0 Å². The van der Waals surface area contributed by atoms with Crippen LogP contribution in [-0.4, -0.2) is 0 Å². The Morgan fingerprint density at radius 2 is 1.73 bits per heavy atom. The zero-order valence-corrected chi connectivity index (χ0v) is 13.3. The van der Waals surface area contributed by atoms with Gasteiger partial charge in [0.15, 0.2) is 0 Å². The molecule has 1 aliphatic rings. The molecule has 0 bridgehead atoms. The summed E-state index contributed by atoms with van der Waals surface area (Å²) in [6.07, 6.45) is 4.62. The second-order valence-electron chi connectivity index (χ2n) is 5.89. The van der Waals surface area contributed by atoms with E-state index in [1.165, 1.54) is 24.0 Å². The molecule has 3 rings (SSSR count). The van der Waals surface area contributed by atoms with Crippen LogP contribution in [0.2, 0.25) is 0 Å². The van der Waals surface area contributed by atoms with Gasteiger partial charge in [0.05, 0.1) is 0 Å². The first-order valence-electron chi connectivity index (χ1n) is 7.53. The molecular formula is C18H22ClFN2. The van der Waals surface area contributed by atoms with E-state index in [9.17, 15) is 4.39 Å². The number of nitrogens with one attached hydrogen (secondary N) is 1. The summed E-state index contributed by atoms with van der Waals surface area (Å²) >= 11 is 0. The molecule has 1 saturated carbocycles. The second-order valence-corrected chi connectivity index (χ2v) is 5.89. The van der Waals surface area contributed by atoms with Crippen LogP contribution in [-0.2, 0) is 12.1 Å². The number of benzene rings is 2. The molecule has 2 aromatic carbocycles. The van der Waals surface area contributed by atoms with E-state index < -0.39 is 0 Å². The van der Waals surface area contributed by atoms with Crippen LogP contribution >= 0.6 is 12.4 Å². The average molecular weight is 321 g/mol. The molecule has 0 atom stereocenters. The summed E-state index contributed by atoms with van der Waals surface area (Å²) in [5.41, 5.74) is 8.96. The highest BCUT2D eigenvalue weighted by atomic mass is 35.5. The van der Waals surface area contributed by atoms with Gasteiger partial charge in [-0.25, -0.2) is 4.39 Å². The molecule has 1 aliphatic carbocycles. The quantitative estimate of drug-likeness (QED) is 0.820. The van der Waals surface area contributed by atoms with Crippen LogP contribution in [0.15, 0.2) is 48.5 Å². The van der Waals surface area contributed by atoms with Crippen LogP contribution in [0.1, 0.15) is 36.8 Å². The third kappa shape index (κ3) is 3.60. The van der Waals surface area contributed by atoms with Gasteiger partial charge in [0, 0.05) is 17.8 Å². The first kappa shape index (κ1) is 16.8. The molecule has 0 aliphatic heterocycles. The predicted octanol–water partition coefficient (Wildman–Crippen LogP) is 4.39. The maximum atomic E-state index is 13.2. The Bertz CT molecular complexity index is 607. The molecule has 0 unspecified atom stereocenters. The molecule has 2 aromatic rings. The molecule has 4 heteroatoms. The van der Waals surface area contributed by atoms with E-state index in [4.69, 9.17) is 5.73 Å². The molecule has 0 heterocycles. The number of anilines is 1. The average Bonchev–Trinajstić information content (AvgIpc) is 2.96. The van der Waals surface area contributed by atoms with Crippen molar-refractivity contribution in [2.24, 2.45) is 0 Å². The highest BCUT2D eigenvalue weighted by molar-refractivity contribution is 5.85. The molecule has 0 spiro atoms. The number of halogens is 2. The largest absolute Gasteiger partial charge is 0.399 e. The summed E-state index contributed by atoms with van der Waals surface area (Å²) in [7, 11) is 0. The lowest BCUT2D eigenvalue weighted by molar-refractivity contribution is 0.338. The summed E-state index contributed by atoms with van der Waals surface area (Å²) in [5, 5.41) is 3.70. The third-order valence-corrected chi connectivity index (χ3v) is 4.44. The molecule has 0 amide bonds. The van der Waals surface area contributed by atoms with Crippen molar-refractivity contribution in [1.29, 1.82) is 0 Å². The highest BCUT2D eigenvalue weighted by Crippen LogP contribution is 2.39. The maximum absolute atomic E-state index is 13.2. The van der Waals surface area contributed by atoms with Crippen LogP contribution in [0.3, 0.4) is 0 Å². The van der Waals surface area contributed by atoms with Gasteiger partial charge in [0.25, 0.3) is 0 Å². The summed E-state index contributed by atoms with van der Waals surface area (Å²) in [6, 6.07) is 14.9. The SMILES string of the molecule is Cl.Nc1cccc(CNC2(c3ccc(F)cc3)CCCC2)c1. The molecule has 2 nitrogen and oxygen atoms in total. The van der Waals surface area contributed by atoms with Crippen molar-refractivity contribution < 1.29 is 4.39 Å². The number of nitrogens with two attached hydrogens (primary N) is 1. The van der Waals surface area contributed by atoms with E-state index in [0.717, 1.165) is 25.1 Å². The van der Waals surface area contributed by atoms with Crippen molar-refractivity contribution in [3.63, 3.8) is 0 Å². The predicted molar refractivity (Wildman–Crippen MR) is 91.5 cm³/mol. The Balaban J connectivity index is 0.00000176. The lowest BCUT2D eigenvalue weighted by Crippen LogP contribution is -2.39. The van der Waals surface area contributed by atoms with Crippen molar-refractivity contribution in [1.82, 2.24) is 5.32 Å². The molecular weight excluding hydrogens is 299 g/mol. The fraction of sp³-hybridized carbons (Fsp3) is 0.333. The molecule has 0 saturated heterocycles. The summed E-state index contributed by atoms with van der Waals surface area (Å²) in [6.45, 7) is 0.780. The minimum Gasteiger partial charge on any atom is -0.399 e. The zero-order valence-electron chi connectivity index (χ0n) is 12.5.